The van der Waals surface area contributed by atoms with Crippen LogP contribution in [0.3, 0.4) is 0 Å². The fourth-order valence-corrected chi connectivity index (χ4v) is 5.31. The summed E-state index contributed by atoms with van der Waals surface area (Å²) in [6.45, 7) is 10.9. The minimum absolute atomic E-state index is 0.0584. The van der Waals surface area contributed by atoms with Crippen LogP contribution in [0.1, 0.15) is 50.5 Å². The summed E-state index contributed by atoms with van der Waals surface area (Å²) >= 11 is 0. The van der Waals surface area contributed by atoms with E-state index in [2.05, 4.69) is 38.2 Å². The maximum absolute atomic E-state index is 13.7. The monoisotopic (exact) mass is 594 g/mol. The standard InChI is InChI=1S/C35H38N4O5/c1-8-43-28-20-26(29(44-9-2)19-25(28)36-32(40)23-13-11-10-12-14-23)39-21-27-30(33(41)38(7)34(42)37(27)6)31(39)22-15-17-24(18-16-22)35(3,4)5/h10-21H,8-9H2,1-7H3,(H,36,40). The van der Waals surface area contributed by atoms with Gasteiger partial charge in [0.2, 0.25) is 0 Å². The van der Waals surface area contributed by atoms with Gasteiger partial charge in [-0.15, -0.1) is 0 Å². The first-order valence-corrected chi connectivity index (χ1v) is 14.7. The van der Waals surface area contributed by atoms with Crippen LogP contribution in [0.2, 0.25) is 0 Å². The average molecular weight is 595 g/mol. The van der Waals surface area contributed by atoms with Crippen LogP contribution in [0.4, 0.5) is 5.69 Å². The van der Waals surface area contributed by atoms with Gasteiger partial charge in [0.25, 0.3) is 11.5 Å². The number of nitrogens with zero attached hydrogens (tertiary/aromatic N) is 3. The first kappa shape index (κ1) is 30.4. The molecule has 9 nitrogen and oxygen atoms in total. The third-order valence-corrected chi connectivity index (χ3v) is 7.67. The third-order valence-electron chi connectivity index (χ3n) is 7.67. The molecule has 0 unspecified atom stereocenters. The lowest BCUT2D eigenvalue weighted by atomic mass is 9.86. The van der Waals surface area contributed by atoms with Crippen molar-refractivity contribution in [3.05, 3.63) is 105 Å². The van der Waals surface area contributed by atoms with Crippen molar-refractivity contribution in [2.45, 2.75) is 40.0 Å². The van der Waals surface area contributed by atoms with Gasteiger partial charge in [-0.3, -0.25) is 18.7 Å². The first-order chi connectivity index (χ1) is 21.0. The van der Waals surface area contributed by atoms with Gasteiger partial charge in [-0.25, -0.2) is 4.79 Å². The Balaban J connectivity index is 1.80. The average Bonchev–Trinajstić information content (AvgIpc) is 3.41. The third kappa shape index (κ3) is 5.53. The summed E-state index contributed by atoms with van der Waals surface area (Å²) < 4.78 is 16.6. The summed E-state index contributed by atoms with van der Waals surface area (Å²) in [5.74, 6) is 0.615. The molecule has 1 amide bonds. The zero-order valence-electron chi connectivity index (χ0n) is 26.2. The largest absolute Gasteiger partial charge is 0.492 e. The summed E-state index contributed by atoms with van der Waals surface area (Å²) in [7, 11) is 3.13. The van der Waals surface area contributed by atoms with Crippen LogP contribution in [-0.4, -0.2) is 32.8 Å². The number of rotatable bonds is 8. The molecule has 9 heteroatoms. The fraction of sp³-hybridized carbons (Fsp3) is 0.286. The van der Waals surface area contributed by atoms with E-state index in [9.17, 15) is 14.4 Å². The molecule has 2 aromatic heterocycles. The highest BCUT2D eigenvalue weighted by Gasteiger charge is 2.24. The van der Waals surface area contributed by atoms with Gasteiger partial charge in [0.15, 0.2) is 0 Å². The molecule has 0 fully saturated rings. The van der Waals surface area contributed by atoms with E-state index in [1.54, 1.807) is 49.6 Å². The Morgan fingerprint density at radius 2 is 1.48 bits per heavy atom. The molecule has 1 N–H and O–H groups in total. The number of aromatic nitrogens is 3. The van der Waals surface area contributed by atoms with E-state index in [4.69, 9.17) is 9.47 Å². The van der Waals surface area contributed by atoms with E-state index >= 15 is 0 Å². The van der Waals surface area contributed by atoms with E-state index < -0.39 is 11.2 Å². The number of fused-ring (bicyclic) bond motifs is 1. The lowest BCUT2D eigenvalue weighted by molar-refractivity contribution is 0.102. The molecule has 228 valence electrons. The number of benzene rings is 3. The molecular weight excluding hydrogens is 556 g/mol. The van der Waals surface area contributed by atoms with Crippen LogP contribution in [0, 0.1) is 0 Å². The molecule has 2 heterocycles. The summed E-state index contributed by atoms with van der Waals surface area (Å²) in [6, 6.07) is 20.6. The van der Waals surface area contributed by atoms with Gasteiger partial charge in [-0.05, 0) is 42.5 Å². The topological polar surface area (TPSA) is 96.5 Å². The van der Waals surface area contributed by atoms with E-state index in [1.165, 1.54) is 11.6 Å². The molecular formula is C35H38N4O5. The Bertz CT molecular complexity index is 1960. The number of ether oxygens (including phenoxy) is 2. The Morgan fingerprint density at radius 1 is 0.841 bits per heavy atom. The number of amides is 1. The van der Waals surface area contributed by atoms with Crippen molar-refractivity contribution < 1.29 is 14.3 Å². The predicted molar refractivity (Wildman–Crippen MR) is 175 cm³/mol. The van der Waals surface area contributed by atoms with Gasteiger partial charge in [0, 0.05) is 38.0 Å². The number of hydrogen-bond donors (Lipinski definition) is 1. The molecule has 0 aliphatic heterocycles. The summed E-state index contributed by atoms with van der Waals surface area (Å²) in [6.07, 6.45) is 1.78. The SMILES string of the molecule is CCOc1cc(-n2cc3c(c2-c2ccc(C(C)(C)C)cc2)c(=O)n(C)c(=O)n3C)c(OCC)cc1NC(=O)c1ccccc1. The van der Waals surface area contributed by atoms with Crippen molar-refractivity contribution in [2.24, 2.45) is 14.1 Å². The smallest absolute Gasteiger partial charge is 0.330 e. The molecule has 0 saturated carbocycles. The van der Waals surface area contributed by atoms with Crippen LogP contribution < -0.4 is 26.0 Å². The minimum atomic E-state index is -0.423. The lowest BCUT2D eigenvalue weighted by Gasteiger charge is -2.21. The van der Waals surface area contributed by atoms with Gasteiger partial charge >= 0.3 is 5.69 Å². The number of hydrogen-bond acceptors (Lipinski definition) is 5. The van der Waals surface area contributed by atoms with Crippen LogP contribution in [0.25, 0.3) is 27.8 Å². The van der Waals surface area contributed by atoms with Gasteiger partial charge < -0.3 is 19.4 Å². The number of carbonyl (C=O) groups excluding carboxylic acids is 1. The Hall–Kier alpha value is -5.05. The highest BCUT2D eigenvalue weighted by Crippen LogP contribution is 2.40. The zero-order valence-corrected chi connectivity index (χ0v) is 26.2. The van der Waals surface area contributed by atoms with Gasteiger partial charge in [0.05, 0.1) is 41.2 Å². The molecule has 5 rings (SSSR count). The summed E-state index contributed by atoms with van der Waals surface area (Å²) in [4.78, 5) is 39.8. The summed E-state index contributed by atoms with van der Waals surface area (Å²) in [5, 5.41) is 3.37. The van der Waals surface area contributed by atoms with Crippen molar-refractivity contribution in [3.63, 3.8) is 0 Å². The second-order valence-corrected chi connectivity index (χ2v) is 11.6. The predicted octanol–water partition coefficient (Wildman–Crippen LogP) is 6.04. The lowest BCUT2D eigenvalue weighted by Crippen LogP contribution is -2.36. The second kappa shape index (κ2) is 11.9. The van der Waals surface area contributed by atoms with Crippen molar-refractivity contribution in [3.8, 4) is 28.4 Å². The van der Waals surface area contributed by atoms with Gasteiger partial charge in [-0.1, -0.05) is 63.2 Å². The molecule has 0 radical (unpaired) electrons. The molecule has 0 saturated heterocycles. The molecule has 0 bridgehead atoms. The summed E-state index contributed by atoms with van der Waals surface area (Å²) in [5.41, 5.74) is 3.71. The van der Waals surface area contributed by atoms with Crippen molar-refractivity contribution in [1.82, 2.24) is 13.7 Å². The molecule has 0 aliphatic rings. The zero-order chi connectivity index (χ0) is 31.8. The number of aryl methyl sites for hydroxylation is 1. The highest BCUT2D eigenvalue weighted by atomic mass is 16.5. The molecule has 5 aromatic rings. The Morgan fingerprint density at radius 3 is 2.09 bits per heavy atom. The normalized spacial score (nSPS) is 11.5. The van der Waals surface area contributed by atoms with Crippen LogP contribution in [-0.2, 0) is 19.5 Å². The maximum Gasteiger partial charge on any atom is 0.330 e. The molecule has 0 aliphatic carbocycles. The molecule has 3 aromatic carbocycles. The van der Waals surface area contributed by atoms with E-state index in [1.807, 2.05) is 36.6 Å². The maximum atomic E-state index is 13.7. The number of nitrogens with one attached hydrogen (secondary N) is 1. The Kier molecular flexibility index (Phi) is 8.23. The second-order valence-electron chi connectivity index (χ2n) is 11.6. The van der Waals surface area contributed by atoms with E-state index in [-0.39, 0.29) is 11.3 Å². The van der Waals surface area contributed by atoms with Crippen LogP contribution in [0.5, 0.6) is 11.5 Å². The van der Waals surface area contributed by atoms with Crippen molar-refractivity contribution in [2.75, 3.05) is 18.5 Å². The van der Waals surface area contributed by atoms with Gasteiger partial charge in [-0.2, -0.15) is 0 Å². The van der Waals surface area contributed by atoms with E-state index in [0.29, 0.717) is 58.2 Å². The quantitative estimate of drug-likeness (QED) is 0.236. The van der Waals surface area contributed by atoms with Crippen LogP contribution >= 0.6 is 0 Å². The van der Waals surface area contributed by atoms with Crippen molar-refractivity contribution >= 4 is 22.5 Å². The minimum Gasteiger partial charge on any atom is -0.492 e. The number of carbonyl (C=O) groups is 1. The van der Waals surface area contributed by atoms with E-state index in [0.717, 1.165) is 15.7 Å². The molecule has 0 spiro atoms. The van der Waals surface area contributed by atoms with Gasteiger partial charge in [0.1, 0.15) is 11.5 Å². The Labute approximate surface area is 256 Å². The first-order valence-electron chi connectivity index (χ1n) is 14.7. The molecule has 0 atom stereocenters. The van der Waals surface area contributed by atoms with Crippen molar-refractivity contribution in [1.29, 1.82) is 0 Å². The highest BCUT2D eigenvalue weighted by molar-refractivity contribution is 6.05. The fourth-order valence-electron chi connectivity index (χ4n) is 5.31. The van der Waals surface area contributed by atoms with Crippen LogP contribution in [0.15, 0.2) is 82.5 Å². The number of anilines is 1. The molecule has 44 heavy (non-hydrogen) atoms.